The van der Waals surface area contributed by atoms with Crippen LogP contribution in [0.3, 0.4) is 0 Å². The molecular formula is C13H22N2O. The fourth-order valence-corrected chi connectivity index (χ4v) is 1.73. The average Bonchev–Trinajstić information content (AvgIpc) is 2.30. The molecule has 1 aromatic carbocycles. The largest absolute Gasteiger partial charge is 0.495 e. The van der Waals surface area contributed by atoms with Crippen LogP contribution in [0.25, 0.3) is 0 Å². The Balaban J connectivity index is 2.58. The van der Waals surface area contributed by atoms with Crippen molar-refractivity contribution < 1.29 is 4.74 Å². The first-order chi connectivity index (χ1) is 7.71. The summed E-state index contributed by atoms with van der Waals surface area (Å²) >= 11 is 0. The summed E-state index contributed by atoms with van der Waals surface area (Å²) in [5.74, 6) is 0.742. The lowest BCUT2D eigenvalue weighted by molar-refractivity contribution is 0.416. The molecular weight excluding hydrogens is 200 g/mol. The summed E-state index contributed by atoms with van der Waals surface area (Å²) in [6.07, 6.45) is 2.31. The normalized spacial score (nSPS) is 10.8. The third-order valence-corrected chi connectivity index (χ3v) is 2.87. The lowest BCUT2D eigenvalue weighted by Crippen LogP contribution is -2.26. The first-order valence-electron chi connectivity index (χ1n) is 5.87. The van der Waals surface area contributed by atoms with Crippen LogP contribution in [0.5, 0.6) is 5.75 Å². The first-order valence-corrected chi connectivity index (χ1v) is 5.87. The molecule has 0 fully saturated rings. The van der Waals surface area contributed by atoms with Gasteiger partial charge in [-0.25, -0.2) is 0 Å². The molecule has 0 saturated carbocycles. The fourth-order valence-electron chi connectivity index (χ4n) is 1.73. The van der Waals surface area contributed by atoms with Crippen LogP contribution in [0.1, 0.15) is 32.3 Å². The van der Waals surface area contributed by atoms with Crippen LogP contribution in [0.4, 0.5) is 5.69 Å². The van der Waals surface area contributed by atoms with Gasteiger partial charge in [-0.2, -0.15) is 0 Å². The zero-order valence-electron chi connectivity index (χ0n) is 10.4. The van der Waals surface area contributed by atoms with Gasteiger partial charge in [-0.3, -0.25) is 0 Å². The number of hydrogen-bond donors (Lipinski definition) is 2. The van der Waals surface area contributed by atoms with Crippen molar-refractivity contribution >= 4 is 5.69 Å². The predicted octanol–water partition coefficient (Wildman–Crippen LogP) is 2.56. The maximum Gasteiger partial charge on any atom is 0.141 e. The zero-order chi connectivity index (χ0) is 12.0. The molecule has 0 aliphatic heterocycles. The maximum absolute atomic E-state index is 5.85. The molecule has 0 bridgehead atoms. The molecule has 0 unspecified atom stereocenters. The molecule has 0 spiro atoms. The number of methoxy groups -OCH3 is 1. The van der Waals surface area contributed by atoms with Gasteiger partial charge in [-0.1, -0.05) is 19.9 Å². The molecule has 1 aromatic rings. The number of nitrogen functional groups attached to an aromatic ring is 1. The SMILES string of the molecule is CCC(CC)NCc1ccc(OC)c(N)c1. The molecule has 0 atom stereocenters. The molecule has 0 heterocycles. The number of nitrogens with one attached hydrogen (secondary N) is 1. The molecule has 90 valence electrons. The minimum atomic E-state index is 0.586. The van der Waals surface area contributed by atoms with E-state index in [2.05, 4.69) is 19.2 Å². The Hall–Kier alpha value is -1.22. The Morgan fingerprint density at radius 1 is 1.31 bits per heavy atom. The van der Waals surface area contributed by atoms with Gasteiger partial charge in [0.1, 0.15) is 5.75 Å². The molecule has 0 aliphatic carbocycles. The Kier molecular flexibility index (Phi) is 5.12. The lowest BCUT2D eigenvalue weighted by Gasteiger charge is -2.15. The van der Waals surface area contributed by atoms with Crippen molar-refractivity contribution in [2.45, 2.75) is 39.3 Å². The van der Waals surface area contributed by atoms with Crippen molar-refractivity contribution in [3.63, 3.8) is 0 Å². The summed E-state index contributed by atoms with van der Waals surface area (Å²) in [7, 11) is 1.63. The van der Waals surface area contributed by atoms with E-state index in [-0.39, 0.29) is 0 Å². The van der Waals surface area contributed by atoms with Crippen LogP contribution in [-0.4, -0.2) is 13.2 Å². The highest BCUT2D eigenvalue weighted by molar-refractivity contribution is 5.54. The van der Waals surface area contributed by atoms with E-state index in [0.717, 1.165) is 25.1 Å². The van der Waals surface area contributed by atoms with Crippen molar-refractivity contribution in [3.8, 4) is 5.75 Å². The topological polar surface area (TPSA) is 47.3 Å². The molecule has 0 radical (unpaired) electrons. The maximum atomic E-state index is 5.85. The molecule has 3 N–H and O–H groups in total. The Bertz CT molecular complexity index is 322. The molecule has 3 heteroatoms. The molecule has 0 aromatic heterocycles. The van der Waals surface area contributed by atoms with E-state index in [4.69, 9.17) is 10.5 Å². The third kappa shape index (κ3) is 3.42. The van der Waals surface area contributed by atoms with Crippen molar-refractivity contribution in [2.75, 3.05) is 12.8 Å². The third-order valence-electron chi connectivity index (χ3n) is 2.87. The number of rotatable bonds is 6. The quantitative estimate of drug-likeness (QED) is 0.727. The van der Waals surface area contributed by atoms with Crippen LogP contribution in [-0.2, 0) is 6.54 Å². The zero-order valence-corrected chi connectivity index (χ0v) is 10.4. The van der Waals surface area contributed by atoms with Gasteiger partial charge in [0.05, 0.1) is 12.8 Å². The van der Waals surface area contributed by atoms with Gasteiger partial charge in [0.25, 0.3) is 0 Å². The number of nitrogens with two attached hydrogens (primary N) is 1. The average molecular weight is 222 g/mol. The van der Waals surface area contributed by atoms with E-state index in [1.807, 2.05) is 18.2 Å². The summed E-state index contributed by atoms with van der Waals surface area (Å²) in [6, 6.07) is 6.52. The number of benzene rings is 1. The van der Waals surface area contributed by atoms with Crippen LogP contribution in [0.2, 0.25) is 0 Å². The standard InChI is InChI=1S/C13H22N2O/c1-4-11(5-2)15-9-10-6-7-13(16-3)12(14)8-10/h6-8,11,15H,4-5,9,14H2,1-3H3. The van der Waals surface area contributed by atoms with Gasteiger partial charge < -0.3 is 15.8 Å². The van der Waals surface area contributed by atoms with Gasteiger partial charge in [-0.05, 0) is 30.5 Å². The second kappa shape index (κ2) is 6.38. The molecule has 0 amide bonds. The summed E-state index contributed by atoms with van der Waals surface area (Å²) in [4.78, 5) is 0. The van der Waals surface area contributed by atoms with E-state index in [9.17, 15) is 0 Å². The minimum Gasteiger partial charge on any atom is -0.495 e. The molecule has 0 saturated heterocycles. The number of anilines is 1. The van der Waals surface area contributed by atoms with E-state index in [1.54, 1.807) is 7.11 Å². The van der Waals surface area contributed by atoms with Crippen molar-refractivity contribution in [1.29, 1.82) is 0 Å². The fraction of sp³-hybridized carbons (Fsp3) is 0.538. The predicted molar refractivity (Wildman–Crippen MR) is 68.6 cm³/mol. The van der Waals surface area contributed by atoms with Gasteiger partial charge in [0.2, 0.25) is 0 Å². The van der Waals surface area contributed by atoms with E-state index >= 15 is 0 Å². The highest BCUT2D eigenvalue weighted by Crippen LogP contribution is 2.21. The van der Waals surface area contributed by atoms with Crippen molar-refractivity contribution in [1.82, 2.24) is 5.32 Å². The van der Waals surface area contributed by atoms with Crippen LogP contribution in [0.15, 0.2) is 18.2 Å². The highest BCUT2D eigenvalue weighted by Gasteiger charge is 2.04. The lowest BCUT2D eigenvalue weighted by atomic mass is 10.1. The number of hydrogen-bond acceptors (Lipinski definition) is 3. The van der Waals surface area contributed by atoms with Crippen molar-refractivity contribution in [2.24, 2.45) is 0 Å². The molecule has 0 aliphatic rings. The Morgan fingerprint density at radius 3 is 2.50 bits per heavy atom. The summed E-state index contributed by atoms with van der Waals surface area (Å²) in [5, 5.41) is 3.50. The highest BCUT2D eigenvalue weighted by atomic mass is 16.5. The van der Waals surface area contributed by atoms with Gasteiger partial charge in [0, 0.05) is 12.6 Å². The molecule has 3 nitrogen and oxygen atoms in total. The van der Waals surface area contributed by atoms with E-state index in [1.165, 1.54) is 5.56 Å². The molecule has 1 rings (SSSR count). The van der Waals surface area contributed by atoms with E-state index < -0.39 is 0 Å². The minimum absolute atomic E-state index is 0.586. The number of ether oxygens (including phenoxy) is 1. The van der Waals surface area contributed by atoms with Crippen molar-refractivity contribution in [3.05, 3.63) is 23.8 Å². The monoisotopic (exact) mass is 222 g/mol. The summed E-state index contributed by atoms with van der Waals surface area (Å²) in [5.41, 5.74) is 7.75. The summed E-state index contributed by atoms with van der Waals surface area (Å²) < 4.78 is 5.12. The van der Waals surface area contributed by atoms with Crippen LogP contribution in [0, 0.1) is 0 Å². The van der Waals surface area contributed by atoms with Crippen LogP contribution < -0.4 is 15.8 Å². The van der Waals surface area contributed by atoms with Gasteiger partial charge in [-0.15, -0.1) is 0 Å². The second-order valence-corrected chi connectivity index (χ2v) is 3.97. The Morgan fingerprint density at radius 2 is 2.00 bits per heavy atom. The van der Waals surface area contributed by atoms with Gasteiger partial charge in [0.15, 0.2) is 0 Å². The smallest absolute Gasteiger partial charge is 0.141 e. The first kappa shape index (κ1) is 12.8. The molecule has 16 heavy (non-hydrogen) atoms. The van der Waals surface area contributed by atoms with E-state index in [0.29, 0.717) is 11.7 Å². The Labute approximate surface area is 98.0 Å². The summed E-state index contributed by atoms with van der Waals surface area (Å²) in [6.45, 7) is 5.26. The van der Waals surface area contributed by atoms with Gasteiger partial charge >= 0.3 is 0 Å². The second-order valence-electron chi connectivity index (χ2n) is 3.97. The van der Waals surface area contributed by atoms with Crippen LogP contribution >= 0.6 is 0 Å².